The van der Waals surface area contributed by atoms with E-state index in [4.69, 9.17) is 9.26 Å². The Balaban J connectivity index is 1.94. The van der Waals surface area contributed by atoms with Gasteiger partial charge in [-0.25, -0.2) is 4.79 Å². The number of esters is 1. The average molecular weight is 297 g/mol. The van der Waals surface area contributed by atoms with Gasteiger partial charge in [0.15, 0.2) is 0 Å². The third-order valence-corrected chi connectivity index (χ3v) is 4.05. The number of nitriles is 1. The number of carbonyl (C=O) groups is 1. The molecule has 6 heteroatoms. The fraction of sp³-hybridized carbons (Fsp3) is 0.375. The van der Waals surface area contributed by atoms with Crippen LogP contribution in [0.4, 0.5) is 0 Å². The molecule has 0 saturated heterocycles. The molecule has 1 aromatic heterocycles. The van der Waals surface area contributed by atoms with Gasteiger partial charge < -0.3 is 9.26 Å². The molecule has 3 rings (SSSR count). The Bertz CT molecular complexity index is 739. The molecule has 1 aromatic carbocycles. The van der Waals surface area contributed by atoms with Gasteiger partial charge in [-0.3, -0.25) is 0 Å². The second-order valence-corrected chi connectivity index (χ2v) is 5.40. The van der Waals surface area contributed by atoms with Crippen molar-refractivity contribution in [1.29, 1.82) is 5.26 Å². The van der Waals surface area contributed by atoms with Crippen molar-refractivity contribution in [3.05, 3.63) is 35.7 Å². The summed E-state index contributed by atoms with van der Waals surface area (Å²) in [5.74, 6) is 0.322. The van der Waals surface area contributed by atoms with Crippen molar-refractivity contribution in [2.45, 2.75) is 31.1 Å². The lowest BCUT2D eigenvalue weighted by Crippen LogP contribution is -2.19. The predicted molar refractivity (Wildman–Crippen MR) is 76.8 cm³/mol. The summed E-state index contributed by atoms with van der Waals surface area (Å²) in [5.41, 5.74) is 0.414. The van der Waals surface area contributed by atoms with Crippen molar-refractivity contribution >= 4 is 5.97 Å². The maximum atomic E-state index is 11.6. The zero-order valence-electron chi connectivity index (χ0n) is 12.2. The Labute approximate surface area is 127 Å². The summed E-state index contributed by atoms with van der Waals surface area (Å²) < 4.78 is 10.0. The predicted octanol–water partition coefficient (Wildman–Crippen LogP) is 2.86. The van der Waals surface area contributed by atoms with Crippen molar-refractivity contribution in [3.63, 3.8) is 0 Å². The standard InChI is InChI=1S/C16H15N3O3/c1-21-14(20)12-6-4-5-11(9-12)13-18-15(22-19-13)16(10-17)7-2-3-8-16/h4-6,9H,2-3,7-8H2,1H3. The molecule has 2 aromatic rings. The summed E-state index contributed by atoms with van der Waals surface area (Å²) in [6.07, 6.45) is 3.47. The fourth-order valence-corrected chi connectivity index (χ4v) is 2.79. The summed E-state index contributed by atoms with van der Waals surface area (Å²) in [6.45, 7) is 0. The number of hydrogen-bond acceptors (Lipinski definition) is 6. The first-order valence-electron chi connectivity index (χ1n) is 7.13. The molecule has 6 nitrogen and oxygen atoms in total. The molecule has 0 aliphatic heterocycles. The van der Waals surface area contributed by atoms with Crippen molar-refractivity contribution in [2.75, 3.05) is 7.11 Å². The molecule has 0 spiro atoms. The van der Waals surface area contributed by atoms with Crippen molar-refractivity contribution in [3.8, 4) is 17.5 Å². The molecular formula is C16H15N3O3. The third-order valence-electron chi connectivity index (χ3n) is 4.05. The number of methoxy groups -OCH3 is 1. The van der Waals surface area contributed by atoms with Gasteiger partial charge in [0.05, 0.1) is 18.7 Å². The molecule has 1 heterocycles. The quantitative estimate of drug-likeness (QED) is 0.809. The van der Waals surface area contributed by atoms with Crippen LogP contribution in [-0.2, 0) is 10.2 Å². The molecule has 0 atom stereocenters. The van der Waals surface area contributed by atoms with E-state index < -0.39 is 11.4 Å². The Hall–Kier alpha value is -2.68. The maximum absolute atomic E-state index is 11.6. The van der Waals surface area contributed by atoms with E-state index in [-0.39, 0.29) is 0 Å². The summed E-state index contributed by atoms with van der Waals surface area (Å²) >= 11 is 0. The number of hydrogen-bond donors (Lipinski definition) is 0. The molecule has 0 unspecified atom stereocenters. The molecule has 0 N–H and O–H groups in total. The van der Waals surface area contributed by atoms with Gasteiger partial charge in [-0.05, 0) is 25.0 Å². The minimum Gasteiger partial charge on any atom is -0.465 e. The lowest BCUT2D eigenvalue weighted by molar-refractivity contribution is 0.0601. The van der Waals surface area contributed by atoms with E-state index >= 15 is 0 Å². The van der Waals surface area contributed by atoms with Crippen LogP contribution in [0.3, 0.4) is 0 Å². The molecule has 1 fully saturated rings. The summed E-state index contributed by atoms with van der Waals surface area (Å²) in [5, 5.41) is 13.4. The molecular weight excluding hydrogens is 282 g/mol. The first kappa shape index (κ1) is 14.3. The zero-order valence-corrected chi connectivity index (χ0v) is 12.2. The van der Waals surface area contributed by atoms with Gasteiger partial charge in [0, 0.05) is 5.56 Å². The van der Waals surface area contributed by atoms with E-state index in [1.165, 1.54) is 7.11 Å². The van der Waals surface area contributed by atoms with Crippen LogP contribution in [0.5, 0.6) is 0 Å². The molecule has 0 bridgehead atoms. The van der Waals surface area contributed by atoms with Crippen molar-refractivity contribution in [1.82, 2.24) is 10.1 Å². The van der Waals surface area contributed by atoms with Crippen LogP contribution in [0, 0.1) is 11.3 Å². The fourth-order valence-electron chi connectivity index (χ4n) is 2.79. The Kier molecular flexibility index (Phi) is 3.63. The minimum atomic E-state index is -0.661. The molecule has 112 valence electrons. The highest BCUT2D eigenvalue weighted by Crippen LogP contribution is 2.40. The lowest BCUT2D eigenvalue weighted by atomic mass is 9.88. The summed E-state index contributed by atoms with van der Waals surface area (Å²) in [4.78, 5) is 16.0. The zero-order chi connectivity index (χ0) is 15.6. The number of rotatable bonds is 3. The molecule has 1 aliphatic carbocycles. The van der Waals surface area contributed by atoms with Gasteiger partial charge in [-0.2, -0.15) is 10.2 Å². The van der Waals surface area contributed by atoms with E-state index in [2.05, 4.69) is 16.2 Å². The second kappa shape index (κ2) is 5.60. The van der Waals surface area contributed by atoms with Crippen LogP contribution in [0.2, 0.25) is 0 Å². The molecule has 22 heavy (non-hydrogen) atoms. The lowest BCUT2D eigenvalue weighted by Gasteiger charge is -2.13. The van der Waals surface area contributed by atoms with Crippen LogP contribution in [-0.4, -0.2) is 23.2 Å². The highest BCUT2D eigenvalue weighted by Gasteiger charge is 2.41. The number of carbonyl (C=O) groups excluding carboxylic acids is 1. The smallest absolute Gasteiger partial charge is 0.337 e. The van der Waals surface area contributed by atoms with E-state index in [1.54, 1.807) is 24.3 Å². The summed E-state index contributed by atoms with van der Waals surface area (Å²) in [7, 11) is 1.33. The Morgan fingerprint density at radius 2 is 2.18 bits per heavy atom. The number of aromatic nitrogens is 2. The first-order chi connectivity index (χ1) is 10.7. The van der Waals surface area contributed by atoms with E-state index in [0.29, 0.717) is 22.8 Å². The highest BCUT2D eigenvalue weighted by atomic mass is 16.5. The van der Waals surface area contributed by atoms with E-state index in [0.717, 1.165) is 25.7 Å². The Morgan fingerprint density at radius 3 is 2.86 bits per heavy atom. The monoisotopic (exact) mass is 297 g/mol. The SMILES string of the molecule is COC(=O)c1cccc(-c2noc(C3(C#N)CCCC3)n2)c1. The molecule has 0 amide bonds. The van der Waals surface area contributed by atoms with Crippen LogP contribution in [0.1, 0.15) is 41.9 Å². The van der Waals surface area contributed by atoms with Crippen LogP contribution in [0.25, 0.3) is 11.4 Å². The third kappa shape index (κ3) is 2.35. The van der Waals surface area contributed by atoms with Crippen LogP contribution < -0.4 is 0 Å². The van der Waals surface area contributed by atoms with Gasteiger partial charge in [0.25, 0.3) is 0 Å². The number of benzene rings is 1. The normalized spacial score (nSPS) is 16.2. The molecule has 1 saturated carbocycles. The molecule has 1 aliphatic rings. The van der Waals surface area contributed by atoms with Gasteiger partial charge >= 0.3 is 5.97 Å². The minimum absolute atomic E-state index is 0.367. The largest absolute Gasteiger partial charge is 0.465 e. The molecule has 0 radical (unpaired) electrons. The summed E-state index contributed by atoms with van der Waals surface area (Å²) in [6, 6.07) is 9.15. The number of ether oxygens (including phenoxy) is 1. The van der Waals surface area contributed by atoms with E-state index in [9.17, 15) is 10.1 Å². The maximum Gasteiger partial charge on any atom is 0.337 e. The van der Waals surface area contributed by atoms with E-state index in [1.807, 2.05) is 0 Å². The first-order valence-corrected chi connectivity index (χ1v) is 7.13. The second-order valence-electron chi connectivity index (χ2n) is 5.40. The van der Waals surface area contributed by atoms with Crippen LogP contribution in [0.15, 0.2) is 28.8 Å². The van der Waals surface area contributed by atoms with Gasteiger partial charge in [0.1, 0.15) is 5.41 Å². The van der Waals surface area contributed by atoms with Crippen LogP contribution >= 0.6 is 0 Å². The number of nitrogens with zero attached hydrogens (tertiary/aromatic N) is 3. The van der Waals surface area contributed by atoms with Gasteiger partial charge in [-0.1, -0.05) is 30.1 Å². The Morgan fingerprint density at radius 1 is 1.41 bits per heavy atom. The highest BCUT2D eigenvalue weighted by molar-refractivity contribution is 5.90. The average Bonchev–Trinajstić information content (AvgIpc) is 3.23. The van der Waals surface area contributed by atoms with Gasteiger partial charge in [0.2, 0.25) is 11.7 Å². The topological polar surface area (TPSA) is 89.0 Å². The van der Waals surface area contributed by atoms with Crippen molar-refractivity contribution in [2.24, 2.45) is 0 Å². The van der Waals surface area contributed by atoms with Crippen molar-refractivity contribution < 1.29 is 14.1 Å². The van der Waals surface area contributed by atoms with Gasteiger partial charge in [-0.15, -0.1) is 0 Å².